The summed E-state index contributed by atoms with van der Waals surface area (Å²) in [4.78, 5) is 0. The molecule has 0 amide bonds. The van der Waals surface area contributed by atoms with Crippen molar-refractivity contribution in [3.63, 3.8) is 0 Å². The molecule has 0 aromatic carbocycles. The average molecular weight is 213 g/mol. The molecule has 1 aliphatic heterocycles. The van der Waals surface area contributed by atoms with Crippen molar-refractivity contribution in [1.82, 2.24) is 5.32 Å². The molecule has 2 heteroatoms. The van der Waals surface area contributed by atoms with E-state index in [1.54, 1.807) is 0 Å². The third-order valence-electron chi connectivity index (χ3n) is 3.40. The number of likely N-dealkylation sites (N-methyl/N-ethyl adjacent to an activating group) is 1. The normalized spacial score (nSPS) is 23.2. The number of ether oxygens (including phenoxy) is 1. The fourth-order valence-electron chi connectivity index (χ4n) is 2.40. The molecule has 2 unspecified atom stereocenters. The summed E-state index contributed by atoms with van der Waals surface area (Å²) in [5.41, 5.74) is 0. The minimum atomic E-state index is 0.487. The fraction of sp³-hybridized carbons (Fsp3) is 1.00. The molecule has 1 fully saturated rings. The first-order chi connectivity index (χ1) is 7.38. The third-order valence-corrected chi connectivity index (χ3v) is 3.40. The van der Waals surface area contributed by atoms with E-state index < -0.39 is 0 Å². The molecule has 1 aliphatic rings. The second-order valence-electron chi connectivity index (χ2n) is 4.65. The molecule has 0 aliphatic carbocycles. The van der Waals surface area contributed by atoms with E-state index in [1.807, 2.05) is 0 Å². The van der Waals surface area contributed by atoms with Gasteiger partial charge in [0.25, 0.3) is 0 Å². The van der Waals surface area contributed by atoms with E-state index >= 15 is 0 Å². The van der Waals surface area contributed by atoms with E-state index in [0.717, 1.165) is 6.61 Å². The Morgan fingerprint density at radius 2 is 2.07 bits per heavy atom. The van der Waals surface area contributed by atoms with Crippen molar-refractivity contribution in [3.8, 4) is 0 Å². The molecule has 15 heavy (non-hydrogen) atoms. The minimum Gasteiger partial charge on any atom is -0.377 e. The van der Waals surface area contributed by atoms with Gasteiger partial charge in [-0.1, -0.05) is 39.0 Å². The summed E-state index contributed by atoms with van der Waals surface area (Å²) in [7, 11) is 2.07. The van der Waals surface area contributed by atoms with Gasteiger partial charge in [0.05, 0.1) is 6.10 Å². The van der Waals surface area contributed by atoms with Crippen molar-refractivity contribution in [2.24, 2.45) is 0 Å². The quantitative estimate of drug-likeness (QED) is 0.626. The molecule has 1 N–H and O–H groups in total. The van der Waals surface area contributed by atoms with Crippen LogP contribution >= 0.6 is 0 Å². The Morgan fingerprint density at radius 1 is 1.27 bits per heavy atom. The van der Waals surface area contributed by atoms with Gasteiger partial charge in [0.15, 0.2) is 0 Å². The van der Waals surface area contributed by atoms with Gasteiger partial charge in [0.2, 0.25) is 0 Å². The van der Waals surface area contributed by atoms with Gasteiger partial charge in [-0.05, 0) is 26.3 Å². The highest BCUT2D eigenvalue weighted by atomic mass is 16.5. The summed E-state index contributed by atoms with van der Waals surface area (Å²) in [6.07, 6.45) is 11.1. The third kappa shape index (κ3) is 4.98. The number of unbranched alkanes of at least 4 members (excludes halogenated alkanes) is 4. The molecule has 1 saturated heterocycles. The molecular weight excluding hydrogens is 186 g/mol. The van der Waals surface area contributed by atoms with E-state index in [1.165, 1.54) is 51.4 Å². The van der Waals surface area contributed by atoms with Crippen LogP contribution in [0.1, 0.15) is 58.3 Å². The Kier molecular flexibility index (Phi) is 7.03. The Hall–Kier alpha value is -0.0800. The zero-order valence-corrected chi connectivity index (χ0v) is 10.4. The molecule has 0 radical (unpaired) electrons. The summed E-state index contributed by atoms with van der Waals surface area (Å²) in [5, 5.41) is 3.41. The van der Waals surface area contributed by atoms with Crippen LogP contribution in [0.15, 0.2) is 0 Å². The van der Waals surface area contributed by atoms with E-state index in [0.29, 0.717) is 12.1 Å². The Bertz CT molecular complexity index is 143. The van der Waals surface area contributed by atoms with Crippen molar-refractivity contribution < 1.29 is 4.74 Å². The monoisotopic (exact) mass is 213 g/mol. The SMILES string of the molecule is CCCCCCCC(NC)C1CCCO1. The lowest BCUT2D eigenvalue weighted by Gasteiger charge is -2.22. The van der Waals surface area contributed by atoms with Crippen LogP contribution in [0, 0.1) is 0 Å². The smallest absolute Gasteiger partial charge is 0.0728 e. The molecule has 2 nitrogen and oxygen atoms in total. The van der Waals surface area contributed by atoms with Gasteiger partial charge < -0.3 is 10.1 Å². The molecule has 2 atom stereocenters. The number of nitrogens with one attached hydrogen (secondary N) is 1. The topological polar surface area (TPSA) is 21.3 Å². The van der Waals surface area contributed by atoms with E-state index in [-0.39, 0.29) is 0 Å². The maximum Gasteiger partial charge on any atom is 0.0728 e. The highest BCUT2D eigenvalue weighted by Gasteiger charge is 2.23. The van der Waals surface area contributed by atoms with Crippen molar-refractivity contribution in [1.29, 1.82) is 0 Å². The summed E-state index contributed by atoms with van der Waals surface area (Å²) >= 11 is 0. The van der Waals surface area contributed by atoms with Gasteiger partial charge >= 0.3 is 0 Å². The van der Waals surface area contributed by atoms with Crippen LogP contribution in [0.5, 0.6) is 0 Å². The summed E-state index contributed by atoms with van der Waals surface area (Å²) < 4.78 is 5.72. The first-order valence-corrected chi connectivity index (χ1v) is 6.67. The zero-order valence-electron chi connectivity index (χ0n) is 10.4. The summed E-state index contributed by atoms with van der Waals surface area (Å²) in [6.45, 7) is 3.24. The van der Waals surface area contributed by atoms with E-state index in [2.05, 4.69) is 19.3 Å². The minimum absolute atomic E-state index is 0.487. The molecule has 1 rings (SSSR count). The van der Waals surface area contributed by atoms with Crippen molar-refractivity contribution in [2.45, 2.75) is 70.4 Å². The van der Waals surface area contributed by atoms with Crippen LogP contribution in [-0.4, -0.2) is 25.8 Å². The fourth-order valence-corrected chi connectivity index (χ4v) is 2.40. The lowest BCUT2D eigenvalue weighted by atomic mass is 10.0. The van der Waals surface area contributed by atoms with Gasteiger partial charge in [0.1, 0.15) is 0 Å². The van der Waals surface area contributed by atoms with E-state index in [9.17, 15) is 0 Å². The zero-order chi connectivity index (χ0) is 10.9. The van der Waals surface area contributed by atoms with Crippen molar-refractivity contribution in [3.05, 3.63) is 0 Å². The molecule has 90 valence electrons. The lowest BCUT2D eigenvalue weighted by Crippen LogP contribution is -2.37. The van der Waals surface area contributed by atoms with Gasteiger partial charge in [-0.15, -0.1) is 0 Å². The van der Waals surface area contributed by atoms with Crippen LogP contribution in [-0.2, 0) is 4.74 Å². The van der Waals surface area contributed by atoms with Gasteiger partial charge in [-0.25, -0.2) is 0 Å². The molecule has 1 heterocycles. The highest BCUT2D eigenvalue weighted by Crippen LogP contribution is 2.19. The van der Waals surface area contributed by atoms with Gasteiger partial charge in [-0.2, -0.15) is 0 Å². The molecule has 0 aromatic heterocycles. The molecule has 0 bridgehead atoms. The number of hydrogen-bond donors (Lipinski definition) is 1. The lowest BCUT2D eigenvalue weighted by molar-refractivity contribution is 0.0772. The van der Waals surface area contributed by atoms with Crippen LogP contribution in [0.3, 0.4) is 0 Å². The predicted molar refractivity (Wildman–Crippen MR) is 65.2 cm³/mol. The molecule has 0 aromatic rings. The predicted octanol–water partition coefficient (Wildman–Crippen LogP) is 3.11. The van der Waals surface area contributed by atoms with Gasteiger partial charge in [0, 0.05) is 12.6 Å². The van der Waals surface area contributed by atoms with Crippen molar-refractivity contribution in [2.75, 3.05) is 13.7 Å². The second-order valence-corrected chi connectivity index (χ2v) is 4.65. The van der Waals surface area contributed by atoms with E-state index in [4.69, 9.17) is 4.74 Å². The van der Waals surface area contributed by atoms with Gasteiger partial charge in [-0.3, -0.25) is 0 Å². The average Bonchev–Trinajstić information content (AvgIpc) is 2.77. The highest BCUT2D eigenvalue weighted by molar-refractivity contribution is 4.79. The molecular formula is C13H27NO. The summed E-state index contributed by atoms with van der Waals surface area (Å²) in [5.74, 6) is 0. The van der Waals surface area contributed by atoms with Crippen LogP contribution in [0.25, 0.3) is 0 Å². The molecule has 0 spiro atoms. The summed E-state index contributed by atoms with van der Waals surface area (Å²) in [6, 6.07) is 0.592. The first kappa shape index (κ1) is 13.0. The standard InChI is InChI=1S/C13H27NO/c1-3-4-5-6-7-9-12(14-2)13-10-8-11-15-13/h12-14H,3-11H2,1-2H3. The van der Waals surface area contributed by atoms with Crippen LogP contribution in [0.4, 0.5) is 0 Å². The Morgan fingerprint density at radius 3 is 2.67 bits per heavy atom. The second kappa shape index (κ2) is 8.12. The van der Waals surface area contributed by atoms with Crippen LogP contribution in [0.2, 0.25) is 0 Å². The largest absolute Gasteiger partial charge is 0.377 e. The molecule has 0 saturated carbocycles. The van der Waals surface area contributed by atoms with Crippen LogP contribution < -0.4 is 5.32 Å². The maximum atomic E-state index is 5.72. The number of hydrogen-bond acceptors (Lipinski definition) is 2. The Balaban J connectivity index is 2.05. The first-order valence-electron chi connectivity index (χ1n) is 6.67. The maximum absolute atomic E-state index is 5.72. The van der Waals surface area contributed by atoms with Crippen molar-refractivity contribution >= 4 is 0 Å². The number of rotatable bonds is 8. The Labute approximate surface area is 94.8 Å².